The lowest BCUT2D eigenvalue weighted by Gasteiger charge is -2.43. The lowest BCUT2D eigenvalue weighted by atomic mass is 9.66. The fourth-order valence-corrected chi connectivity index (χ4v) is 5.69. The average Bonchev–Trinajstić information content (AvgIpc) is 2.96. The van der Waals surface area contributed by atoms with E-state index < -0.39 is 15.6 Å². The molecule has 1 saturated carbocycles. The second-order valence-corrected chi connectivity index (χ2v) is 12.9. The van der Waals surface area contributed by atoms with Gasteiger partial charge in [0.15, 0.2) is 0 Å². The standard InChI is InChI=1S/C25H35F3O4S/c1-22(2,3)31-21-12-11-19-17(8-7-14-24(19,21)6)9-10-18-16-23(4,5)15-13-20(18)32-33(29,30)25(26,27)28/h7-10,13,16-17,19,21H,11-12,14-15H2,1-6H3/b10-9-/t17-,19-,21-,24-/m0/s1. The van der Waals surface area contributed by atoms with Crippen LogP contribution in [0.25, 0.3) is 0 Å². The molecular weight excluding hydrogens is 453 g/mol. The Hall–Kier alpha value is -1.54. The van der Waals surface area contributed by atoms with Crippen LogP contribution >= 0.6 is 0 Å². The second kappa shape index (κ2) is 8.59. The van der Waals surface area contributed by atoms with Crippen LogP contribution in [0.4, 0.5) is 13.2 Å². The number of alkyl halides is 3. The predicted octanol–water partition coefficient (Wildman–Crippen LogP) is 6.83. The van der Waals surface area contributed by atoms with E-state index in [0.29, 0.717) is 17.9 Å². The van der Waals surface area contributed by atoms with E-state index in [9.17, 15) is 21.6 Å². The van der Waals surface area contributed by atoms with Crippen LogP contribution in [0.5, 0.6) is 0 Å². The molecule has 33 heavy (non-hydrogen) atoms. The van der Waals surface area contributed by atoms with Crippen molar-refractivity contribution >= 4 is 10.1 Å². The number of rotatable bonds is 5. The van der Waals surface area contributed by atoms with Gasteiger partial charge in [0.2, 0.25) is 0 Å². The lowest BCUT2D eigenvalue weighted by Crippen LogP contribution is -2.41. The van der Waals surface area contributed by atoms with Crippen LogP contribution in [0, 0.1) is 22.7 Å². The summed E-state index contributed by atoms with van der Waals surface area (Å²) in [4.78, 5) is 0. The highest BCUT2D eigenvalue weighted by Gasteiger charge is 2.51. The molecule has 0 spiro atoms. The molecule has 0 aromatic heterocycles. The molecule has 0 saturated heterocycles. The highest BCUT2D eigenvalue weighted by Crippen LogP contribution is 2.54. The SMILES string of the molecule is CC1(C)C=C(/C=C\[C@@H]2C=CC[C@]3(C)[C@@H](OC(C)(C)C)CC[C@@H]23)C(OS(=O)(=O)C(F)(F)F)=CC1. The van der Waals surface area contributed by atoms with Crippen molar-refractivity contribution in [2.24, 2.45) is 22.7 Å². The Morgan fingerprint density at radius 2 is 1.76 bits per heavy atom. The third-order valence-electron chi connectivity index (χ3n) is 6.82. The summed E-state index contributed by atoms with van der Waals surface area (Å²) in [7, 11) is -5.73. The smallest absolute Gasteiger partial charge is 0.376 e. The minimum atomic E-state index is -5.73. The Kier molecular flexibility index (Phi) is 6.79. The number of hydrogen-bond acceptors (Lipinski definition) is 4. The quantitative estimate of drug-likeness (QED) is 0.242. The van der Waals surface area contributed by atoms with Crippen molar-refractivity contribution in [2.45, 2.75) is 84.4 Å². The van der Waals surface area contributed by atoms with E-state index in [0.717, 1.165) is 19.3 Å². The summed E-state index contributed by atoms with van der Waals surface area (Å²) in [5.41, 5.74) is -5.74. The second-order valence-electron chi connectivity index (χ2n) is 11.3. The van der Waals surface area contributed by atoms with Crippen LogP contribution in [-0.4, -0.2) is 25.6 Å². The molecule has 0 bridgehead atoms. The summed E-state index contributed by atoms with van der Waals surface area (Å²) in [6.07, 6.45) is 14.5. The number of fused-ring (bicyclic) bond motifs is 1. The molecule has 0 aromatic carbocycles. The molecular formula is C25H35F3O4S. The van der Waals surface area contributed by atoms with E-state index in [-0.39, 0.29) is 34.2 Å². The molecule has 186 valence electrons. The molecule has 3 aliphatic carbocycles. The van der Waals surface area contributed by atoms with Crippen molar-refractivity contribution in [3.63, 3.8) is 0 Å². The zero-order chi connectivity index (χ0) is 24.9. The molecule has 0 aliphatic heterocycles. The van der Waals surface area contributed by atoms with Crippen molar-refractivity contribution in [3.8, 4) is 0 Å². The largest absolute Gasteiger partial charge is 0.534 e. The molecule has 0 radical (unpaired) electrons. The van der Waals surface area contributed by atoms with E-state index in [1.807, 2.05) is 19.9 Å². The van der Waals surface area contributed by atoms with Gasteiger partial charge in [0.1, 0.15) is 5.76 Å². The maximum Gasteiger partial charge on any atom is 0.534 e. The molecule has 3 rings (SSSR count). The zero-order valence-electron chi connectivity index (χ0n) is 20.2. The summed E-state index contributed by atoms with van der Waals surface area (Å²) in [5, 5.41) is 0. The number of hydrogen-bond donors (Lipinski definition) is 0. The molecule has 0 aromatic rings. The zero-order valence-corrected chi connectivity index (χ0v) is 21.0. The van der Waals surface area contributed by atoms with Crippen molar-refractivity contribution < 1.29 is 30.5 Å². The van der Waals surface area contributed by atoms with Gasteiger partial charge >= 0.3 is 15.6 Å². The topological polar surface area (TPSA) is 52.6 Å². The molecule has 8 heteroatoms. The van der Waals surface area contributed by atoms with Crippen LogP contribution in [0.2, 0.25) is 0 Å². The summed E-state index contributed by atoms with van der Waals surface area (Å²) < 4.78 is 72.8. The maximum absolute atomic E-state index is 12.9. The fraction of sp³-hybridized carbons (Fsp3) is 0.680. The first-order chi connectivity index (χ1) is 14.9. The van der Waals surface area contributed by atoms with Crippen molar-refractivity contribution in [1.82, 2.24) is 0 Å². The third-order valence-corrected chi connectivity index (χ3v) is 7.79. The molecule has 3 aliphatic rings. The minimum Gasteiger partial charge on any atom is -0.376 e. The Morgan fingerprint density at radius 1 is 1.09 bits per heavy atom. The lowest BCUT2D eigenvalue weighted by molar-refractivity contribution is -0.111. The average molecular weight is 489 g/mol. The molecule has 0 heterocycles. The maximum atomic E-state index is 12.9. The number of ether oxygens (including phenoxy) is 1. The van der Waals surface area contributed by atoms with Gasteiger partial charge in [0.25, 0.3) is 0 Å². The first-order valence-corrected chi connectivity index (χ1v) is 12.8. The van der Waals surface area contributed by atoms with Gasteiger partial charge in [-0.2, -0.15) is 21.6 Å². The Balaban J connectivity index is 1.84. The van der Waals surface area contributed by atoms with Gasteiger partial charge in [-0.15, -0.1) is 0 Å². The molecule has 0 amide bonds. The van der Waals surface area contributed by atoms with Gasteiger partial charge in [0, 0.05) is 11.0 Å². The van der Waals surface area contributed by atoms with E-state index >= 15 is 0 Å². The van der Waals surface area contributed by atoms with Crippen molar-refractivity contribution in [1.29, 1.82) is 0 Å². The normalized spacial score (nSPS) is 32.5. The third kappa shape index (κ3) is 5.76. The molecule has 4 atom stereocenters. The predicted molar refractivity (Wildman–Crippen MR) is 122 cm³/mol. The molecule has 4 nitrogen and oxygen atoms in total. The highest BCUT2D eigenvalue weighted by molar-refractivity contribution is 7.87. The van der Waals surface area contributed by atoms with E-state index in [1.54, 1.807) is 12.2 Å². The molecule has 1 fully saturated rings. The Labute approximate surface area is 195 Å². The highest BCUT2D eigenvalue weighted by atomic mass is 32.2. The fourth-order valence-electron chi connectivity index (χ4n) is 5.19. The van der Waals surface area contributed by atoms with Gasteiger partial charge in [0.05, 0.1) is 11.7 Å². The first-order valence-electron chi connectivity index (χ1n) is 11.4. The summed E-state index contributed by atoms with van der Waals surface area (Å²) in [6, 6.07) is 0. The van der Waals surface area contributed by atoms with Crippen LogP contribution < -0.4 is 0 Å². The van der Waals surface area contributed by atoms with Crippen LogP contribution in [0.15, 0.2) is 47.8 Å². The van der Waals surface area contributed by atoms with Gasteiger partial charge in [-0.1, -0.05) is 51.2 Å². The molecule has 0 N–H and O–H groups in total. The first kappa shape index (κ1) is 26.1. The van der Waals surface area contributed by atoms with Crippen molar-refractivity contribution in [3.05, 3.63) is 47.8 Å². The van der Waals surface area contributed by atoms with Gasteiger partial charge in [-0.3, -0.25) is 0 Å². The monoisotopic (exact) mass is 488 g/mol. The van der Waals surface area contributed by atoms with E-state index in [1.165, 1.54) is 6.08 Å². The van der Waals surface area contributed by atoms with Crippen LogP contribution in [-0.2, 0) is 19.0 Å². The van der Waals surface area contributed by atoms with Crippen LogP contribution in [0.1, 0.15) is 67.2 Å². The number of halogens is 3. The summed E-state index contributed by atoms with van der Waals surface area (Å²) >= 11 is 0. The van der Waals surface area contributed by atoms with Gasteiger partial charge in [-0.05, 0) is 69.8 Å². The van der Waals surface area contributed by atoms with Crippen molar-refractivity contribution in [2.75, 3.05) is 0 Å². The summed E-state index contributed by atoms with van der Waals surface area (Å²) in [6.45, 7) is 12.3. The van der Waals surface area contributed by atoms with Gasteiger partial charge in [-0.25, -0.2) is 0 Å². The van der Waals surface area contributed by atoms with E-state index in [2.05, 4.69) is 44.0 Å². The molecule has 0 unspecified atom stereocenters. The minimum absolute atomic E-state index is 0.0357. The summed E-state index contributed by atoms with van der Waals surface area (Å²) in [5.74, 6) is 0.130. The Morgan fingerprint density at radius 3 is 2.36 bits per heavy atom. The van der Waals surface area contributed by atoms with Gasteiger partial charge < -0.3 is 8.92 Å². The van der Waals surface area contributed by atoms with E-state index in [4.69, 9.17) is 4.74 Å². The van der Waals surface area contributed by atoms with Crippen LogP contribution in [0.3, 0.4) is 0 Å². The number of allylic oxidation sites excluding steroid dienone is 6. The Bertz CT molecular complexity index is 980.